The van der Waals surface area contributed by atoms with Crippen LogP contribution in [0.2, 0.25) is 0 Å². The summed E-state index contributed by atoms with van der Waals surface area (Å²) in [7, 11) is 1.58. The Morgan fingerprint density at radius 1 is 1.28 bits per heavy atom. The summed E-state index contributed by atoms with van der Waals surface area (Å²) in [4.78, 5) is 25.6. The van der Waals surface area contributed by atoms with Crippen molar-refractivity contribution in [2.75, 3.05) is 13.7 Å². The van der Waals surface area contributed by atoms with E-state index in [-0.39, 0.29) is 17.0 Å². The van der Waals surface area contributed by atoms with Crippen LogP contribution in [0.4, 0.5) is 0 Å². The molecule has 0 fully saturated rings. The molecule has 0 saturated heterocycles. The minimum atomic E-state index is -0.414. The van der Waals surface area contributed by atoms with E-state index < -0.39 is 5.54 Å². The van der Waals surface area contributed by atoms with E-state index in [1.54, 1.807) is 23.8 Å². The van der Waals surface area contributed by atoms with Crippen LogP contribution < -0.4 is 20.3 Å². The number of hydrogen-bond acceptors (Lipinski definition) is 4. The quantitative estimate of drug-likeness (QED) is 0.909. The Balaban J connectivity index is 2.26. The van der Waals surface area contributed by atoms with Crippen LogP contribution in [0.5, 0.6) is 11.5 Å². The molecular weight excluding hydrogens is 320 g/mol. The number of methoxy groups -OCH3 is 1. The molecule has 1 aliphatic heterocycles. The summed E-state index contributed by atoms with van der Waals surface area (Å²) in [6.45, 7) is 6.80. The lowest BCUT2D eigenvalue weighted by atomic mass is 10.1. The fourth-order valence-corrected chi connectivity index (χ4v) is 3.06. The standard InChI is InChI=1S/C19H24N2O4/c1-19(2,3)20-17(22)13-11-12-7-8-14(24-4)16-15(12)21(18(13)23)9-5-6-10-25-16/h7-8,11H,5-6,9-10H2,1-4H3,(H,20,22). The lowest BCUT2D eigenvalue weighted by molar-refractivity contribution is 0.0917. The van der Waals surface area contributed by atoms with Gasteiger partial charge in [-0.15, -0.1) is 0 Å². The number of carbonyl (C=O) groups is 1. The normalized spacial score (nSPS) is 14.4. The molecule has 134 valence electrons. The number of benzene rings is 1. The zero-order valence-electron chi connectivity index (χ0n) is 15.1. The summed E-state index contributed by atoms with van der Waals surface area (Å²) >= 11 is 0. The molecule has 2 aromatic rings. The van der Waals surface area contributed by atoms with Gasteiger partial charge in [-0.3, -0.25) is 9.59 Å². The molecule has 0 saturated carbocycles. The van der Waals surface area contributed by atoms with E-state index in [4.69, 9.17) is 9.47 Å². The van der Waals surface area contributed by atoms with E-state index in [2.05, 4.69) is 5.32 Å². The van der Waals surface area contributed by atoms with Crippen molar-refractivity contribution in [2.24, 2.45) is 0 Å². The highest BCUT2D eigenvalue weighted by atomic mass is 16.5. The van der Waals surface area contributed by atoms with Gasteiger partial charge in [0.25, 0.3) is 11.5 Å². The molecule has 0 atom stereocenters. The van der Waals surface area contributed by atoms with Crippen molar-refractivity contribution in [1.29, 1.82) is 0 Å². The summed E-state index contributed by atoms with van der Waals surface area (Å²) in [5.41, 5.74) is 0.132. The first kappa shape index (κ1) is 17.3. The maximum atomic E-state index is 13.0. The zero-order chi connectivity index (χ0) is 18.2. The summed E-state index contributed by atoms with van der Waals surface area (Å²) < 4.78 is 12.9. The number of aromatic nitrogens is 1. The summed E-state index contributed by atoms with van der Waals surface area (Å²) in [6.07, 6.45) is 1.65. The number of carbonyl (C=O) groups excluding carboxylic acids is 1. The molecule has 6 nitrogen and oxygen atoms in total. The minimum Gasteiger partial charge on any atom is -0.493 e. The number of ether oxygens (including phenoxy) is 2. The smallest absolute Gasteiger partial charge is 0.264 e. The van der Waals surface area contributed by atoms with Crippen molar-refractivity contribution < 1.29 is 14.3 Å². The number of amides is 1. The first-order valence-electron chi connectivity index (χ1n) is 8.51. The van der Waals surface area contributed by atoms with Gasteiger partial charge in [0, 0.05) is 17.5 Å². The van der Waals surface area contributed by atoms with Crippen LogP contribution >= 0.6 is 0 Å². The molecule has 1 amide bonds. The molecule has 1 aromatic carbocycles. The third kappa shape index (κ3) is 3.34. The lowest BCUT2D eigenvalue weighted by Crippen LogP contribution is -2.43. The number of nitrogens with zero attached hydrogens (tertiary/aromatic N) is 1. The molecule has 0 spiro atoms. The van der Waals surface area contributed by atoms with E-state index in [0.717, 1.165) is 18.2 Å². The summed E-state index contributed by atoms with van der Waals surface area (Å²) in [5, 5.41) is 3.66. The Morgan fingerprint density at radius 3 is 2.72 bits per heavy atom. The third-order valence-corrected chi connectivity index (χ3v) is 4.15. The maximum Gasteiger partial charge on any atom is 0.264 e. The molecule has 6 heteroatoms. The third-order valence-electron chi connectivity index (χ3n) is 4.15. The van der Waals surface area contributed by atoms with E-state index in [0.29, 0.717) is 30.2 Å². The van der Waals surface area contributed by atoms with Gasteiger partial charge in [-0.05, 0) is 51.8 Å². The highest BCUT2D eigenvalue weighted by Gasteiger charge is 2.23. The zero-order valence-corrected chi connectivity index (χ0v) is 15.1. The van der Waals surface area contributed by atoms with Crippen LogP contribution in [0, 0.1) is 0 Å². The van der Waals surface area contributed by atoms with Crippen molar-refractivity contribution in [2.45, 2.75) is 45.7 Å². The van der Waals surface area contributed by atoms with Crippen molar-refractivity contribution in [3.05, 3.63) is 34.1 Å². The number of pyridine rings is 1. The number of hydrogen-bond donors (Lipinski definition) is 1. The topological polar surface area (TPSA) is 69.6 Å². The predicted molar refractivity (Wildman–Crippen MR) is 96.7 cm³/mol. The van der Waals surface area contributed by atoms with Gasteiger partial charge in [0.05, 0.1) is 19.2 Å². The highest BCUT2D eigenvalue weighted by molar-refractivity contribution is 5.99. The SMILES string of the molecule is COc1ccc2cc(C(=O)NC(C)(C)C)c(=O)n3c2c1OCCCC3. The van der Waals surface area contributed by atoms with Gasteiger partial charge in [-0.2, -0.15) is 0 Å². The monoisotopic (exact) mass is 344 g/mol. The van der Waals surface area contributed by atoms with Gasteiger partial charge in [0.15, 0.2) is 11.5 Å². The number of rotatable bonds is 2. The molecule has 1 aromatic heterocycles. The Kier molecular flexibility index (Phi) is 4.45. The average Bonchev–Trinajstić information content (AvgIpc) is 2.50. The molecule has 1 N–H and O–H groups in total. The second-order valence-corrected chi connectivity index (χ2v) is 7.31. The van der Waals surface area contributed by atoms with Gasteiger partial charge in [0.1, 0.15) is 5.56 Å². The van der Waals surface area contributed by atoms with Crippen LogP contribution in [0.15, 0.2) is 23.0 Å². The molecule has 3 rings (SSSR count). The second kappa shape index (κ2) is 6.43. The summed E-state index contributed by atoms with van der Waals surface area (Å²) in [6, 6.07) is 5.30. The van der Waals surface area contributed by atoms with Crippen LogP contribution in [0.3, 0.4) is 0 Å². The number of nitrogens with one attached hydrogen (secondary N) is 1. The fourth-order valence-electron chi connectivity index (χ4n) is 3.06. The van der Waals surface area contributed by atoms with Crippen molar-refractivity contribution in [3.63, 3.8) is 0 Å². The van der Waals surface area contributed by atoms with Crippen LogP contribution in [0.25, 0.3) is 10.9 Å². The Hall–Kier alpha value is -2.50. The molecule has 1 aliphatic rings. The predicted octanol–water partition coefficient (Wildman–Crippen LogP) is 2.71. The first-order valence-corrected chi connectivity index (χ1v) is 8.51. The molecule has 0 unspecified atom stereocenters. The van der Waals surface area contributed by atoms with Gasteiger partial charge in [-0.1, -0.05) is 0 Å². The van der Waals surface area contributed by atoms with Crippen molar-refractivity contribution in [1.82, 2.24) is 9.88 Å². The highest BCUT2D eigenvalue weighted by Crippen LogP contribution is 2.36. The lowest BCUT2D eigenvalue weighted by Gasteiger charge is -2.23. The molecule has 25 heavy (non-hydrogen) atoms. The van der Waals surface area contributed by atoms with Crippen LogP contribution in [-0.2, 0) is 6.54 Å². The van der Waals surface area contributed by atoms with E-state index >= 15 is 0 Å². The molecule has 0 aliphatic carbocycles. The Morgan fingerprint density at radius 2 is 2.04 bits per heavy atom. The van der Waals surface area contributed by atoms with E-state index in [1.807, 2.05) is 26.8 Å². The van der Waals surface area contributed by atoms with Crippen LogP contribution in [0.1, 0.15) is 44.0 Å². The van der Waals surface area contributed by atoms with E-state index in [9.17, 15) is 9.59 Å². The van der Waals surface area contributed by atoms with Crippen molar-refractivity contribution >= 4 is 16.8 Å². The maximum absolute atomic E-state index is 13.0. The summed E-state index contributed by atoms with van der Waals surface area (Å²) in [5.74, 6) is 0.803. The van der Waals surface area contributed by atoms with Gasteiger partial charge >= 0.3 is 0 Å². The largest absolute Gasteiger partial charge is 0.493 e. The number of aryl methyl sites for hydroxylation is 1. The molecule has 2 heterocycles. The molecule has 0 bridgehead atoms. The molecular formula is C19H24N2O4. The fraction of sp³-hybridized carbons (Fsp3) is 0.474. The molecule has 0 radical (unpaired) electrons. The van der Waals surface area contributed by atoms with Gasteiger partial charge < -0.3 is 19.4 Å². The van der Waals surface area contributed by atoms with Gasteiger partial charge in [0.2, 0.25) is 0 Å². The Labute approximate surface area is 146 Å². The van der Waals surface area contributed by atoms with E-state index in [1.165, 1.54) is 0 Å². The minimum absolute atomic E-state index is 0.152. The average molecular weight is 344 g/mol. The van der Waals surface area contributed by atoms with Crippen molar-refractivity contribution in [3.8, 4) is 11.5 Å². The first-order chi connectivity index (χ1) is 11.8. The van der Waals surface area contributed by atoms with Crippen LogP contribution in [-0.4, -0.2) is 29.7 Å². The van der Waals surface area contributed by atoms with Gasteiger partial charge in [-0.25, -0.2) is 0 Å². The Bertz CT molecular complexity index is 878. The second-order valence-electron chi connectivity index (χ2n) is 7.31.